The first-order valence-corrected chi connectivity index (χ1v) is 11.8. The second-order valence-corrected chi connectivity index (χ2v) is 9.10. The van der Waals surface area contributed by atoms with E-state index >= 15 is 0 Å². The number of fused-ring (bicyclic) bond motifs is 1. The molecule has 33 heavy (non-hydrogen) atoms. The van der Waals surface area contributed by atoms with Crippen molar-refractivity contribution in [2.45, 2.75) is 18.4 Å². The largest absolute Gasteiger partial charge is 0.494 e. The summed E-state index contributed by atoms with van der Waals surface area (Å²) in [6.45, 7) is 2.68. The Morgan fingerprint density at radius 3 is 2.52 bits per heavy atom. The summed E-state index contributed by atoms with van der Waals surface area (Å²) in [6, 6.07) is 14.4. The summed E-state index contributed by atoms with van der Waals surface area (Å²) in [7, 11) is -4.00. The lowest BCUT2D eigenvalue weighted by molar-refractivity contribution is -0.116. The van der Waals surface area contributed by atoms with Gasteiger partial charge < -0.3 is 23.9 Å². The highest BCUT2D eigenvalue weighted by Gasteiger charge is 2.28. The molecule has 0 atom stereocenters. The first-order chi connectivity index (χ1) is 16.0. The molecule has 174 valence electrons. The molecule has 0 unspecified atom stereocenters. The minimum absolute atomic E-state index is 0.0460. The quantitative estimate of drug-likeness (QED) is 0.509. The Balaban J connectivity index is 1.53. The number of furan rings is 1. The Kier molecular flexibility index (Phi) is 6.85. The number of sulfonamides is 1. The molecule has 0 bridgehead atoms. The number of hydrogen-bond donors (Lipinski definition) is 1. The Hall–Kier alpha value is -3.50. The highest BCUT2D eigenvalue weighted by Crippen LogP contribution is 2.32. The predicted octanol–water partition coefficient (Wildman–Crippen LogP) is 3.28. The van der Waals surface area contributed by atoms with Crippen molar-refractivity contribution >= 4 is 21.6 Å². The summed E-state index contributed by atoms with van der Waals surface area (Å²) in [4.78, 5) is 12.8. The topological polar surface area (TPSA) is 107 Å². The van der Waals surface area contributed by atoms with Gasteiger partial charge in [-0.05, 0) is 55.5 Å². The minimum Gasteiger partial charge on any atom is -0.494 e. The standard InChI is InChI=1S/C23H24N2O7S/c1-2-29-18-6-8-20(9-7-18)33(27,28)25(15-19-4-3-11-30-19)16-23(26)24-17-5-10-21-22(14-17)32-13-12-31-21/h3-11,14H,2,12-13,15-16H2,1H3,(H,24,26). The van der Waals surface area contributed by atoms with Crippen LogP contribution in [0.5, 0.6) is 17.2 Å². The van der Waals surface area contributed by atoms with E-state index in [1.807, 2.05) is 6.92 Å². The van der Waals surface area contributed by atoms with Gasteiger partial charge in [0.1, 0.15) is 24.7 Å². The molecule has 4 rings (SSSR count). The first kappa shape index (κ1) is 22.7. The second kappa shape index (κ2) is 9.97. The number of rotatable bonds is 9. The van der Waals surface area contributed by atoms with Crippen molar-refractivity contribution < 1.29 is 31.8 Å². The van der Waals surface area contributed by atoms with Crippen molar-refractivity contribution in [2.24, 2.45) is 0 Å². The molecule has 1 aliphatic heterocycles. The maximum Gasteiger partial charge on any atom is 0.243 e. The number of anilines is 1. The van der Waals surface area contributed by atoms with Crippen LogP contribution in [0, 0.1) is 0 Å². The Labute approximate surface area is 191 Å². The van der Waals surface area contributed by atoms with Crippen LogP contribution < -0.4 is 19.5 Å². The van der Waals surface area contributed by atoms with Crippen LogP contribution in [0.2, 0.25) is 0 Å². The van der Waals surface area contributed by atoms with E-state index in [4.69, 9.17) is 18.6 Å². The number of nitrogens with one attached hydrogen (secondary N) is 1. The smallest absolute Gasteiger partial charge is 0.243 e. The third-order valence-corrected chi connectivity index (χ3v) is 6.64. The van der Waals surface area contributed by atoms with Gasteiger partial charge in [0, 0.05) is 11.8 Å². The summed E-state index contributed by atoms with van der Waals surface area (Å²) in [5.41, 5.74) is 0.473. The molecule has 1 aliphatic rings. The molecule has 0 spiro atoms. The lowest BCUT2D eigenvalue weighted by Crippen LogP contribution is -2.37. The molecule has 1 N–H and O–H groups in total. The second-order valence-electron chi connectivity index (χ2n) is 7.16. The lowest BCUT2D eigenvalue weighted by Gasteiger charge is -2.22. The number of carbonyl (C=O) groups is 1. The van der Waals surface area contributed by atoms with Crippen molar-refractivity contribution in [1.82, 2.24) is 4.31 Å². The van der Waals surface area contributed by atoms with Gasteiger partial charge in [0.25, 0.3) is 0 Å². The van der Waals surface area contributed by atoms with E-state index in [-0.39, 0.29) is 11.4 Å². The fourth-order valence-corrected chi connectivity index (χ4v) is 4.67. The Bertz CT molecular complexity index is 1190. The highest BCUT2D eigenvalue weighted by atomic mass is 32.2. The third kappa shape index (κ3) is 5.47. The predicted molar refractivity (Wildman–Crippen MR) is 120 cm³/mol. The summed E-state index contributed by atoms with van der Waals surface area (Å²) < 4.78 is 49.4. The molecule has 1 aromatic heterocycles. The van der Waals surface area contributed by atoms with Gasteiger partial charge in [-0.1, -0.05) is 0 Å². The molecule has 1 amide bonds. The summed E-state index contributed by atoms with van der Waals surface area (Å²) in [6.07, 6.45) is 1.45. The normalized spacial score (nSPS) is 13.0. The van der Waals surface area contributed by atoms with Crippen LogP contribution in [0.15, 0.2) is 70.2 Å². The molecule has 0 aliphatic carbocycles. The van der Waals surface area contributed by atoms with Gasteiger partial charge in [-0.2, -0.15) is 4.31 Å². The number of carbonyl (C=O) groups excluding carboxylic acids is 1. The van der Waals surface area contributed by atoms with E-state index in [0.717, 1.165) is 4.31 Å². The Morgan fingerprint density at radius 1 is 1.06 bits per heavy atom. The maximum absolute atomic E-state index is 13.3. The number of nitrogens with zero attached hydrogens (tertiary/aromatic N) is 1. The molecule has 2 heterocycles. The Morgan fingerprint density at radius 2 is 1.82 bits per heavy atom. The zero-order chi connectivity index (χ0) is 23.3. The highest BCUT2D eigenvalue weighted by molar-refractivity contribution is 7.89. The molecule has 0 saturated carbocycles. The fourth-order valence-electron chi connectivity index (χ4n) is 3.31. The molecule has 0 radical (unpaired) electrons. The van der Waals surface area contributed by atoms with Crippen molar-refractivity contribution in [2.75, 3.05) is 31.7 Å². The van der Waals surface area contributed by atoms with Gasteiger partial charge in [0.2, 0.25) is 15.9 Å². The number of hydrogen-bond acceptors (Lipinski definition) is 7. The van der Waals surface area contributed by atoms with Crippen LogP contribution in [-0.4, -0.2) is 45.0 Å². The zero-order valence-corrected chi connectivity index (χ0v) is 18.8. The number of ether oxygens (including phenoxy) is 3. The van der Waals surface area contributed by atoms with Crippen molar-refractivity contribution in [3.8, 4) is 17.2 Å². The van der Waals surface area contributed by atoms with E-state index in [1.165, 1.54) is 18.4 Å². The van der Waals surface area contributed by atoms with Gasteiger partial charge in [0.15, 0.2) is 11.5 Å². The van der Waals surface area contributed by atoms with Gasteiger partial charge in [0.05, 0.1) is 30.9 Å². The summed E-state index contributed by atoms with van der Waals surface area (Å²) >= 11 is 0. The van der Waals surface area contributed by atoms with Gasteiger partial charge in [-0.15, -0.1) is 0 Å². The average Bonchev–Trinajstić information content (AvgIpc) is 3.32. The van der Waals surface area contributed by atoms with E-state index in [2.05, 4.69) is 5.32 Å². The first-order valence-electron chi connectivity index (χ1n) is 10.4. The molecule has 10 heteroatoms. The summed E-state index contributed by atoms with van der Waals surface area (Å²) in [5, 5.41) is 2.72. The minimum atomic E-state index is -4.00. The molecule has 9 nitrogen and oxygen atoms in total. The van der Waals surface area contributed by atoms with Crippen LogP contribution in [-0.2, 0) is 21.4 Å². The molecule has 0 saturated heterocycles. The number of benzene rings is 2. The van der Waals surface area contributed by atoms with Crippen LogP contribution in [0.3, 0.4) is 0 Å². The lowest BCUT2D eigenvalue weighted by atomic mass is 10.2. The van der Waals surface area contributed by atoms with Crippen molar-refractivity contribution in [3.05, 3.63) is 66.6 Å². The maximum atomic E-state index is 13.3. The summed E-state index contributed by atoms with van der Waals surface area (Å²) in [5.74, 6) is 1.58. The molecular weight excluding hydrogens is 448 g/mol. The van der Waals surface area contributed by atoms with Crippen LogP contribution in [0.1, 0.15) is 12.7 Å². The van der Waals surface area contributed by atoms with Gasteiger partial charge in [-0.3, -0.25) is 4.79 Å². The van der Waals surface area contributed by atoms with E-state index in [1.54, 1.807) is 42.5 Å². The zero-order valence-electron chi connectivity index (χ0n) is 18.0. The average molecular weight is 473 g/mol. The van der Waals surface area contributed by atoms with Gasteiger partial charge >= 0.3 is 0 Å². The molecular formula is C23H24N2O7S. The van der Waals surface area contributed by atoms with E-state index < -0.39 is 22.5 Å². The number of amides is 1. The van der Waals surface area contributed by atoms with Crippen LogP contribution >= 0.6 is 0 Å². The van der Waals surface area contributed by atoms with E-state index in [9.17, 15) is 13.2 Å². The van der Waals surface area contributed by atoms with Crippen molar-refractivity contribution in [3.63, 3.8) is 0 Å². The van der Waals surface area contributed by atoms with E-state index in [0.29, 0.717) is 48.5 Å². The van der Waals surface area contributed by atoms with Gasteiger partial charge in [-0.25, -0.2) is 8.42 Å². The molecule has 3 aromatic rings. The third-order valence-electron chi connectivity index (χ3n) is 4.83. The fraction of sp³-hybridized carbons (Fsp3) is 0.261. The SMILES string of the molecule is CCOc1ccc(S(=O)(=O)N(CC(=O)Nc2ccc3c(c2)OCCO3)Cc2ccco2)cc1. The monoisotopic (exact) mass is 472 g/mol. The molecule has 0 fully saturated rings. The van der Waals surface area contributed by atoms with Crippen LogP contribution in [0.25, 0.3) is 0 Å². The molecule has 2 aromatic carbocycles. The van der Waals surface area contributed by atoms with Crippen molar-refractivity contribution in [1.29, 1.82) is 0 Å². The van der Waals surface area contributed by atoms with Crippen LogP contribution in [0.4, 0.5) is 5.69 Å².